The number of methoxy groups -OCH3 is 2. The van der Waals surface area contributed by atoms with Gasteiger partial charge in [0.2, 0.25) is 0 Å². The summed E-state index contributed by atoms with van der Waals surface area (Å²) >= 11 is 1.58. The maximum atomic E-state index is 12.0. The molecule has 0 spiro atoms. The molecule has 0 N–H and O–H groups in total. The lowest BCUT2D eigenvalue weighted by Crippen LogP contribution is -1.90. The molecule has 0 saturated heterocycles. The molecule has 0 fully saturated rings. The summed E-state index contributed by atoms with van der Waals surface area (Å²) in [5.74, 6) is 2.35. The molecule has 0 heterocycles. The highest BCUT2D eigenvalue weighted by molar-refractivity contribution is 7.99. The van der Waals surface area contributed by atoms with Gasteiger partial charge in [-0.05, 0) is 24.6 Å². The summed E-state index contributed by atoms with van der Waals surface area (Å²) in [5.41, 5.74) is 0. The fourth-order valence-electron chi connectivity index (χ4n) is 1.13. The molecule has 1 rings (SSSR count). The molecule has 0 atom stereocenters. The quantitative estimate of drug-likeness (QED) is 0.552. The number of ether oxygens (including phenoxy) is 2. The van der Waals surface area contributed by atoms with Crippen LogP contribution in [0, 0.1) is 0 Å². The Hall–Kier alpha value is -0.900. The highest BCUT2D eigenvalue weighted by Crippen LogP contribution is 2.32. The van der Waals surface area contributed by atoms with E-state index in [1.807, 2.05) is 18.2 Å². The van der Waals surface area contributed by atoms with Crippen molar-refractivity contribution in [2.45, 2.75) is 11.3 Å². The Bertz CT molecular complexity index is 305. The second-order valence-electron chi connectivity index (χ2n) is 2.91. The van der Waals surface area contributed by atoms with E-state index in [0.717, 1.165) is 22.1 Å². The fourth-order valence-corrected chi connectivity index (χ4v) is 2.10. The first-order chi connectivity index (χ1) is 7.31. The van der Waals surface area contributed by atoms with E-state index in [0.29, 0.717) is 6.42 Å². The van der Waals surface area contributed by atoms with Gasteiger partial charge < -0.3 is 9.47 Å². The molecular formula is C11H15FO2S. The fraction of sp³-hybridized carbons (Fsp3) is 0.455. The average molecular weight is 230 g/mol. The Balaban J connectivity index is 2.72. The highest BCUT2D eigenvalue weighted by atomic mass is 32.2. The first-order valence-electron chi connectivity index (χ1n) is 4.72. The molecular weight excluding hydrogens is 215 g/mol. The smallest absolute Gasteiger partial charge is 0.132 e. The van der Waals surface area contributed by atoms with Crippen molar-refractivity contribution < 1.29 is 13.9 Å². The van der Waals surface area contributed by atoms with Crippen molar-refractivity contribution in [2.24, 2.45) is 0 Å². The predicted molar refractivity (Wildman–Crippen MR) is 60.9 cm³/mol. The van der Waals surface area contributed by atoms with Crippen molar-refractivity contribution in [3.8, 4) is 11.5 Å². The maximum absolute atomic E-state index is 12.0. The van der Waals surface area contributed by atoms with Gasteiger partial charge in [-0.2, -0.15) is 0 Å². The summed E-state index contributed by atoms with van der Waals surface area (Å²) in [5, 5.41) is 0. The summed E-state index contributed by atoms with van der Waals surface area (Å²) < 4.78 is 22.3. The number of benzene rings is 1. The summed E-state index contributed by atoms with van der Waals surface area (Å²) in [6.07, 6.45) is 0.561. The van der Waals surface area contributed by atoms with Gasteiger partial charge in [0.05, 0.1) is 25.8 Å². The summed E-state index contributed by atoms with van der Waals surface area (Å²) in [6.45, 7) is -0.278. The predicted octanol–water partition coefficient (Wildman–Crippen LogP) is 3.16. The Morgan fingerprint density at radius 1 is 1.27 bits per heavy atom. The minimum Gasteiger partial charge on any atom is -0.497 e. The topological polar surface area (TPSA) is 18.5 Å². The van der Waals surface area contributed by atoms with Crippen LogP contribution in [0.25, 0.3) is 0 Å². The molecule has 0 bridgehead atoms. The van der Waals surface area contributed by atoms with Crippen molar-refractivity contribution in [2.75, 3.05) is 26.6 Å². The monoisotopic (exact) mass is 230 g/mol. The maximum Gasteiger partial charge on any atom is 0.132 e. The highest BCUT2D eigenvalue weighted by Gasteiger charge is 2.05. The molecule has 0 radical (unpaired) electrons. The number of hydrogen-bond donors (Lipinski definition) is 0. The number of hydrogen-bond acceptors (Lipinski definition) is 3. The zero-order valence-corrected chi connectivity index (χ0v) is 9.77. The lowest BCUT2D eigenvalue weighted by molar-refractivity contribution is 0.394. The normalized spacial score (nSPS) is 10.1. The van der Waals surface area contributed by atoms with Crippen molar-refractivity contribution in [1.82, 2.24) is 0 Å². The minimum atomic E-state index is -0.278. The molecule has 0 aliphatic heterocycles. The van der Waals surface area contributed by atoms with E-state index in [4.69, 9.17) is 9.47 Å². The number of halogens is 1. The van der Waals surface area contributed by atoms with Crippen molar-refractivity contribution in [1.29, 1.82) is 0 Å². The third kappa shape index (κ3) is 3.63. The molecule has 0 amide bonds. The molecule has 0 aliphatic carbocycles. The molecule has 0 unspecified atom stereocenters. The van der Waals surface area contributed by atoms with Crippen LogP contribution in [0.4, 0.5) is 4.39 Å². The van der Waals surface area contributed by atoms with E-state index in [-0.39, 0.29) is 6.67 Å². The van der Waals surface area contributed by atoms with Crippen LogP contribution >= 0.6 is 11.8 Å². The average Bonchev–Trinajstić information content (AvgIpc) is 2.29. The first-order valence-corrected chi connectivity index (χ1v) is 5.71. The third-order valence-corrected chi connectivity index (χ3v) is 3.03. The van der Waals surface area contributed by atoms with E-state index >= 15 is 0 Å². The van der Waals surface area contributed by atoms with Gasteiger partial charge in [-0.25, -0.2) is 0 Å². The largest absolute Gasteiger partial charge is 0.497 e. The van der Waals surface area contributed by atoms with Crippen LogP contribution in [0.15, 0.2) is 23.1 Å². The van der Waals surface area contributed by atoms with E-state index in [2.05, 4.69) is 0 Å². The van der Waals surface area contributed by atoms with Gasteiger partial charge in [-0.1, -0.05) is 0 Å². The zero-order valence-electron chi connectivity index (χ0n) is 8.96. The second kappa shape index (κ2) is 6.56. The van der Waals surface area contributed by atoms with Gasteiger partial charge in [-0.3, -0.25) is 4.39 Å². The lowest BCUT2D eigenvalue weighted by atomic mass is 10.3. The van der Waals surface area contributed by atoms with E-state index in [9.17, 15) is 4.39 Å². The van der Waals surface area contributed by atoms with Crippen molar-refractivity contribution in [3.05, 3.63) is 18.2 Å². The Morgan fingerprint density at radius 2 is 2.07 bits per heavy atom. The third-order valence-electron chi connectivity index (χ3n) is 1.91. The molecule has 15 heavy (non-hydrogen) atoms. The van der Waals surface area contributed by atoms with Gasteiger partial charge in [-0.15, -0.1) is 11.8 Å². The minimum absolute atomic E-state index is 0.278. The van der Waals surface area contributed by atoms with Crippen LogP contribution in [0.2, 0.25) is 0 Å². The summed E-state index contributed by atoms with van der Waals surface area (Å²) in [7, 11) is 3.25. The Kier molecular flexibility index (Phi) is 5.32. The van der Waals surface area contributed by atoms with Crippen LogP contribution in [0.1, 0.15) is 6.42 Å². The van der Waals surface area contributed by atoms with Gasteiger partial charge in [0.1, 0.15) is 11.5 Å². The molecule has 0 aliphatic rings. The van der Waals surface area contributed by atoms with E-state index < -0.39 is 0 Å². The number of thioether (sulfide) groups is 1. The van der Waals surface area contributed by atoms with E-state index in [1.54, 1.807) is 26.0 Å². The van der Waals surface area contributed by atoms with E-state index in [1.165, 1.54) is 0 Å². The molecule has 1 aromatic carbocycles. The standard InChI is InChI=1S/C11H15FO2S/c1-13-9-4-5-10(14-2)11(8-9)15-7-3-6-12/h4-5,8H,3,6-7H2,1-2H3. The first kappa shape index (κ1) is 12.2. The second-order valence-corrected chi connectivity index (χ2v) is 4.04. The zero-order chi connectivity index (χ0) is 11.1. The Labute approximate surface area is 93.8 Å². The van der Waals surface area contributed by atoms with Gasteiger partial charge in [0, 0.05) is 5.75 Å². The number of rotatable bonds is 6. The SMILES string of the molecule is COc1ccc(OC)c(SCCCF)c1. The Morgan fingerprint density at radius 3 is 2.67 bits per heavy atom. The molecule has 4 heteroatoms. The molecule has 1 aromatic rings. The molecule has 0 aromatic heterocycles. The van der Waals surface area contributed by atoms with Gasteiger partial charge in [0.25, 0.3) is 0 Å². The summed E-state index contributed by atoms with van der Waals surface area (Å²) in [4.78, 5) is 0.991. The molecule has 2 nitrogen and oxygen atoms in total. The number of alkyl halides is 1. The van der Waals surface area contributed by atoms with Gasteiger partial charge in [0.15, 0.2) is 0 Å². The van der Waals surface area contributed by atoms with Crippen molar-refractivity contribution in [3.63, 3.8) is 0 Å². The van der Waals surface area contributed by atoms with Crippen LogP contribution < -0.4 is 9.47 Å². The van der Waals surface area contributed by atoms with Crippen LogP contribution in [-0.4, -0.2) is 26.6 Å². The van der Waals surface area contributed by atoms with Crippen LogP contribution in [-0.2, 0) is 0 Å². The molecule has 84 valence electrons. The van der Waals surface area contributed by atoms with Crippen molar-refractivity contribution >= 4 is 11.8 Å². The molecule has 0 saturated carbocycles. The summed E-state index contributed by atoms with van der Waals surface area (Å²) in [6, 6.07) is 5.61. The van der Waals surface area contributed by atoms with Crippen LogP contribution in [0.3, 0.4) is 0 Å². The lowest BCUT2D eigenvalue weighted by Gasteiger charge is -2.09. The van der Waals surface area contributed by atoms with Crippen LogP contribution in [0.5, 0.6) is 11.5 Å². The van der Waals surface area contributed by atoms with Gasteiger partial charge >= 0.3 is 0 Å².